The predicted molar refractivity (Wildman–Crippen MR) is 65.9 cm³/mol. The summed E-state index contributed by atoms with van der Waals surface area (Å²) in [6, 6.07) is 1.15. The van der Waals surface area contributed by atoms with Gasteiger partial charge in [0.2, 0.25) is 0 Å². The maximum Gasteiger partial charge on any atom is 0.00818 e. The first kappa shape index (κ1) is 12.3. The third-order valence-electron chi connectivity index (χ3n) is 2.92. The number of hydrogen-bond donors (Lipinski definition) is 2. The number of nitrogens with one attached hydrogen (secondary N) is 1. The summed E-state index contributed by atoms with van der Waals surface area (Å²) >= 11 is 1.94. The minimum absolute atomic E-state index is 0.451. The van der Waals surface area contributed by atoms with Crippen LogP contribution in [0.4, 0.5) is 0 Å². The van der Waals surface area contributed by atoms with Gasteiger partial charge in [-0.2, -0.15) is 11.8 Å². The highest BCUT2D eigenvalue weighted by molar-refractivity contribution is 7.98. The fraction of sp³-hybridized carbons (Fsp3) is 1.00. The van der Waals surface area contributed by atoms with E-state index >= 15 is 0 Å². The average molecular weight is 216 g/mol. The molecule has 0 amide bonds. The predicted octanol–water partition coefficient (Wildman–Crippen LogP) is 1.99. The Morgan fingerprint density at radius 2 is 2.21 bits per heavy atom. The molecule has 1 saturated carbocycles. The summed E-state index contributed by atoms with van der Waals surface area (Å²) in [4.78, 5) is 0. The SMILES string of the molecule is CSCCCCNC1CCCC(N)C1. The van der Waals surface area contributed by atoms with Crippen molar-refractivity contribution in [2.45, 2.75) is 50.6 Å². The summed E-state index contributed by atoms with van der Waals surface area (Å²) in [6.07, 6.45) is 9.88. The third-order valence-corrected chi connectivity index (χ3v) is 3.62. The Hall–Kier alpha value is 0.270. The molecule has 0 radical (unpaired) electrons. The highest BCUT2D eigenvalue weighted by Crippen LogP contribution is 2.16. The van der Waals surface area contributed by atoms with Gasteiger partial charge in [0.15, 0.2) is 0 Å². The van der Waals surface area contributed by atoms with Gasteiger partial charge in [-0.3, -0.25) is 0 Å². The van der Waals surface area contributed by atoms with E-state index in [1.807, 2.05) is 11.8 Å². The van der Waals surface area contributed by atoms with Crippen LogP contribution in [0.25, 0.3) is 0 Å². The molecular formula is C11H24N2S. The lowest BCUT2D eigenvalue weighted by molar-refractivity contribution is 0.339. The monoisotopic (exact) mass is 216 g/mol. The van der Waals surface area contributed by atoms with E-state index in [4.69, 9.17) is 5.73 Å². The molecular weight excluding hydrogens is 192 g/mol. The van der Waals surface area contributed by atoms with Crippen LogP contribution >= 0.6 is 11.8 Å². The van der Waals surface area contributed by atoms with Crippen LogP contribution in [0.1, 0.15) is 38.5 Å². The molecule has 2 nitrogen and oxygen atoms in total. The minimum atomic E-state index is 0.451. The molecule has 1 fully saturated rings. The van der Waals surface area contributed by atoms with Gasteiger partial charge in [0.05, 0.1) is 0 Å². The Bertz CT molecular complexity index is 141. The summed E-state index contributed by atoms with van der Waals surface area (Å²) in [5, 5.41) is 3.62. The first-order valence-electron chi connectivity index (χ1n) is 5.81. The van der Waals surface area contributed by atoms with Crippen LogP contribution in [0.2, 0.25) is 0 Å². The van der Waals surface area contributed by atoms with Crippen molar-refractivity contribution in [3.05, 3.63) is 0 Å². The standard InChI is InChI=1S/C11H24N2S/c1-14-8-3-2-7-13-11-6-4-5-10(12)9-11/h10-11,13H,2-9,12H2,1H3. The van der Waals surface area contributed by atoms with E-state index in [0.717, 1.165) is 0 Å². The van der Waals surface area contributed by atoms with Gasteiger partial charge in [0.25, 0.3) is 0 Å². The second kappa shape index (κ2) is 7.55. The Morgan fingerprint density at radius 3 is 2.93 bits per heavy atom. The van der Waals surface area contributed by atoms with Gasteiger partial charge >= 0.3 is 0 Å². The molecule has 1 aliphatic carbocycles. The number of unbranched alkanes of at least 4 members (excludes halogenated alkanes) is 1. The van der Waals surface area contributed by atoms with E-state index in [0.29, 0.717) is 12.1 Å². The maximum absolute atomic E-state index is 5.93. The van der Waals surface area contributed by atoms with Crippen LogP contribution < -0.4 is 11.1 Å². The van der Waals surface area contributed by atoms with E-state index in [-0.39, 0.29) is 0 Å². The number of nitrogens with two attached hydrogens (primary N) is 1. The van der Waals surface area contributed by atoms with E-state index in [1.165, 1.54) is 50.8 Å². The van der Waals surface area contributed by atoms with E-state index in [9.17, 15) is 0 Å². The third kappa shape index (κ3) is 5.23. The highest BCUT2D eigenvalue weighted by atomic mass is 32.2. The molecule has 0 saturated heterocycles. The van der Waals surface area contributed by atoms with Crippen molar-refractivity contribution in [1.29, 1.82) is 0 Å². The molecule has 0 aromatic heterocycles. The minimum Gasteiger partial charge on any atom is -0.328 e. The van der Waals surface area contributed by atoms with Crippen LogP contribution in [0, 0.1) is 0 Å². The normalized spacial score (nSPS) is 27.9. The zero-order valence-electron chi connectivity index (χ0n) is 9.30. The fourth-order valence-corrected chi connectivity index (χ4v) is 2.58. The van der Waals surface area contributed by atoms with Gasteiger partial charge in [-0.1, -0.05) is 6.42 Å². The van der Waals surface area contributed by atoms with Gasteiger partial charge in [-0.05, 0) is 50.7 Å². The number of rotatable bonds is 6. The lowest BCUT2D eigenvalue weighted by atomic mass is 9.91. The van der Waals surface area contributed by atoms with E-state index < -0.39 is 0 Å². The van der Waals surface area contributed by atoms with Gasteiger partial charge in [-0.25, -0.2) is 0 Å². The summed E-state index contributed by atoms with van der Waals surface area (Å²) in [7, 11) is 0. The van der Waals surface area contributed by atoms with Crippen molar-refractivity contribution in [3.63, 3.8) is 0 Å². The smallest absolute Gasteiger partial charge is 0.00818 e. The van der Waals surface area contributed by atoms with Crippen molar-refractivity contribution >= 4 is 11.8 Å². The van der Waals surface area contributed by atoms with Crippen LogP contribution in [-0.4, -0.2) is 30.6 Å². The maximum atomic E-state index is 5.93. The zero-order valence-corrected chi connectivity index (χ0v) is 10.1. The lowest BCUT2D eigenvalue weighted by Gasteiger charge is -2.27. The Morgan fingerprint density at radius 1 is 1.36 bits per heavy atom. The van der Waals surface area contributed by atoms with Crippen molar-refractivity contribution < 1.29 is 0 Å². The van der Waals surface area contributed by atoms with Gasteiger partial charge < -0.3 is 11.1 Å². The summed E-state index contributed by atoms with van der Waals surface area (Å²) < 4.78 is 0. The molecule has 2 atom stereocenters. The first-order valence-corrected chi connectivity index (χ1v) is 7.20. The van der Waals surface area contributed by atoms with Crippen LogP contribution in [0.3, 0.4) is 0 Å². The van der Waals surface area contributed by atoms with Crippen molar-refractivity contribution in [2.24, 2.45) is 5.73 Å². The Labute approximate surface area is 92.4 Å². The molecule has 0 aromatic rings. The quantitative estimate of drug-likeness (QED) is 0.667. The molecule has 0 aromatic carbocycles. The molecule has 0 spiro atoms. The Balaban J connectivity index is 1.95. The molecule has 1 aliphatic rings. The molecule has 1 rings (SSSR count). The van der Waals surface area contributed by atoms with Crippen molar-refractivity contribution in [2.75, 3.05) is 18.6 Å². The second-order valence-electron chi connectivity index (χ2n) is 4.28. The van der Waals surface area contributed by atoms with Gasteiger partial charge in [0.1, 0.15) is 0 Å². The molecule has 3 heteroatoms. The second-order valence-corrected chi connectivity index (χ2v) is 5.26. The van der Waals surface area contributed by atoms with E-state index in [1.54, 1.807) is 0 Å². The molecule has 0 bridgehead atoms. The Kier molecular flexibility index (Phi) is 6.65. The lowest BCUT2D eigenvalue weighted by Crippen LogP contribution is -2.39. The fourth-order valence-electron chi connectivity index (χ4n) is 2.09. The van der Waals surface area contributed by atoms with Gasteiger partial charge in [0, 0.05) is 12.1 Å². The van der Waals surface area contributed by atoms with Crippen LogP contribution in [-0.2, 0) is 0 Å². The van der Waals surface area contributed by atoms with Gasteiger partial charge in [-0.15, -0.1) is 0 Å². The first-order chi connectivity index (χ1) is 6.83. The highest BCUT2D eigenvalue weighted by Gasteiger charge is 2.17. The molecule has 0 heterocycles. The van der Waals surface area contributed by atoms with Crippen LogP contribution in [0.5, 0.6) is 0 Å². The molecule has 2 unspecified atom stereocenters. The van der Waals surface area contributed by atoms with Crippen molar-refractivity contribution in [1.82, 2.24) is 5.32 Å². The molecule has 3 N–H and O–H groups in total. The molecule has 0 aliphatic heterocycles. The van der Waals surface area contributed by atoms with E-state index in [2.05, 4.69) is 11.6 Å². The number of hydrogen-bond acceptors (Lipinski definition) is 3. The summed E-state index contributed by atoms with van der Waals surface area (Å²) in [5.74, 6) is 1.30. The summed E-state index contributed by atoms with van der Waals surface area (Å²) in [5.41, 5.74) is 5.93. The molecule has 84 valence electrons. The average Bonchev–Trinajstić information content (AvgIpc) is 2.18. The summed E-state index contributed by atoms with van der Waals surface area (Å²) in [6.45, 7) is 1.18. The number of thioether (sulfide) groups is 1. The molecule has 14 heavy (non-hydrogen) atoms. The van der Waals surface area contributed by atoms with Crippen LogP contribution in [0.15, 0.2) is 0 Å². The van der Waals surface area contributed by atoms with Crippen molar-refractivity contribution in [3.8, 4) is 0 Å². The largest absolute Gasteiger partial charge is 0.328 e. The zero-order chi connectivity index (χ0) is 10.2. The topological polar surface area (TPSA) is 38.0 Å².